The number of imide groups is 2. The molecule has 2 fully saturated rings. The van der Waals surface area contributed by atoms with E-state index in [1.807, 2.05) is 0 Å². The lowest BCUT2D eigenvalue weighted by Crippen LogP contribution is -2.40. The smallest absolute Gasteiger partial charge is 0.229 e. The van der Waals surface area contributed by atoms with Crippen molar-refractivity contribution in [1.29, 1.82) is 0 Å². The van der Waals surface area contributed by atoms with E-state index in [0.717, 1.165) is 64.2 Å². The maximum Gasteiger partial charge on any atom is 0.229 e. The van der Waals surface area contributed by atoms with E-state index in [0.29, 0.717) is 32.1 Å². The first-order valence-corrected chi connectivity index (χ1v) is 18.7. The van der Waals surface area contributed by atoms with Crippen molar-refractivity contribution >= 4 is 23.6 Å². The fourth-order valence-electron chi connectivity index (χ4n) is 6.90. The van der Waals surface area contributed by atoms with Crippen LogP contribution < -0.4 is 10.6 Å². The van der Waals surface area contributed by atoms with Gasteiger partial charge in [0.2, 0.25) is 23.6 Å². The summed E-state index contributed by atoms with van der Waals surface area (Å²) in [6, 6.07) is 0. The zero-order chi connectivity index (χ0) is 30.8. The molecule has 0 spiro atoms. The second-order valence-electron chi connectivity index (χ2n) is 13.7. The molecule has 2 aliphatic rings. The molecule has 248 valence electrons. The van der Waals surface area contributed by atoms with Gasteiger partial charge in [-0.05, 0) is 32.1 Å². The summed E-state index contributed by atoms with van der Waals surface area (Å²) < 4.78 is 0. The van der Waals surface area contributed by atoms with Gasteiger partial charge in [-0.25, -0.2) is 0 Å². The van der Waals surface area contributed by atoms with Crippen LogP contribution in [0.2, 0.25) is 0 Å². The van der Waals surface area contributed by atoms with Crippen molar-refractivity contribution in [2.24, 2.45) is 11.8 Å². The minimum atomic E-state index is -0.376. The Morgan fingerprint density at radius 3 is 0.860 bits per heavy atom. The van der Waals surface area contributed by atoms with E-state index in [1.54, 1.807) is 0 Å². The van der Waals surface area contributed by atoms with Crippen LogP contribution in [0, 0.1) is 11.8 Å². The molecule has 0 bridgehead atoms. The van der Waals surface area contributed by atoms with Gasteiger partial charge < -0.3 is 0 Å². The van der Waals surface area contributed by atoms with E-state index in [2.05, 4.69) is 10.6 Å². The van der Waals surface area contributed by atoms with Crippen LogP contribution >= 0.6 is 0 Å². The van der Waals surface area contributed by atoms with Crippen LogP contribution in [0.5, 0.6) is 0 Å². The summed E-state index contributed by atoms with van der Waals surface area (Å²) in [6.45, 7) is 0. The van der Waals surface area contributed by atoms with Crippen molar-refractivity contribution in [3.8, 4) is 0 Å². The quantitative estimate of drug-likeness (QED) is 0.308. The lowest BCUT2D eigenvalue weighted by Gasteiger charge is -2.23. The number of hydrogen-bond acceptors (Lipinski definition) is 4. The van der Waals surface area contributed by atoms with E-state index < -0.39 is 0 Å². The molecule has 0 aromatic heterocycles. The average Bonchev–Trinajstić information content (AvgIpc) is 2.98. The molecule has 0 aliphatic carbocycles. The van der Waals surface area contributed by atoms with E-state index in [-0.39, 0.29) is 35.5 Å². The second-order valence-corrected chi connectivity index (χ2v) is 13.7. The second kappa shape index (κ2) is 25.6. The molecule has 2 aliphatic heterocycles. The number of nitrogens with one attached hydrogen (secondary N) is 2. The number of hydrogen-bond donors (Lipinski definition) is 2. The first kappa shape index (κ1) is 37.5. The Hall–Kier alpha value is -1.72. The summed E-state index contributed by atoms with van der Waals surface area (Å²) in [7, 11) is 0. The Labute approximate surface area is 264 Å². The Bertz CT molecular complexity index is 706. The molecule has 0 aromatic rings. The average molecular weight is 603 g/mol. The Morgan fingerprint density at radius 2 is 0.581 bits per heavy atom. The van der Waals surface area contributed by atoms with Gasteiger partial charge in [0.05, 0.1) is 0 Å². The van der Waals surface area contributed by atoms with Crippen molar-refractivity contribution in [1.82, 2.24) is 10.6 Å². The standard InChI is InChI=1S/C37H66N2O4/c40-34-29-25-21-17-13-9-5-1-3-7-11-15-19-23-27-32(36(42)38-34)31-33-28-24-20-16-12-8-4-2-6-10-14-18-22-26-30-35(41)39-37(33)43/h32-33H,1-31H2,(H,38,40,42)(H,39,41,43). The lowest BCUT2D eigenvalue weighted by atomic mass is 9.85. The highest BCUT2D eigenvalue weighted by atomic mass is 16.2. The van der Waals surface area contributed by atoms with Crippen molar-refractivity contribution in [2.45, 2.75) is 199 Å². The van der Waals surface area contributed by atoms with Crippen molar-refractivity contribution < 1.29 is 19.2 Å². The van der Waals surface area contributed by atoms with E-state index in [4.69, 9.17) is 0 Å². The van der Waals surface area contributed by atoms with E-state index in [9.17, 15) is 19.2 Å². The van der Waals surface area contributed by atoms with Gasteiger partial charge >= 0.3 is 0 Å². The monoisotopic (exact) mass is 603 g/mol. The van der Waals surface area contributed by atoms with Crippen LogP contribution in [0.4, 0.5) is 0 Å². The molecule has 43 heavy (non-hydrogen) atoms. The third-order valence-electron chi connectivity index (χ3n) is 9.75. The normalized spacial score (nSPS) is 26.3. The topological polar surface area (TPSA) is 92.3 Å². The highest BCUT2D eigenvalue weighted by Gasteiger charge is 2.28. The third kappa shape index (κ3) is 20.0. The van der Waals surface area contributed by atoms with Crippen LogP contribution in [-0.4, -0.2) is 23.6 Å². The molecule has 0 radical (unpaired) electrons. The molecule has 2 unspecified atom stereocenters. The molecule has 2 atom stereocenters. The van der Waals surface area contributed by atoms with Crippen LogP contribution in [0.25, 0.3) is 0 Å². The van der Waals surface area contributed by atoms with Crippen LogP contribution in [0.15, 0.2) is 0 Å². The summed E-state index contributed by atoms with van der Waals surface area (Å²) in [5.41, 5.74) is 0. The first-order valence-electron chi connectivity index (χ1n) is 18.7. The summed E-state index contributed by atoms with van der Waals surface area (Å²) in [5.74, 6) is -1.58. The summed E-state index contributed by atoms with van der Waals surface area (Å²) in [4.78, 5) is 52.1. The maximum atomic E-state index is 13.4. The van der Waals surface area contributed by atoms with Gasteiger partial charge in [-0.1, -0.05) is 154 Å². The number of amides is 4. The van der Waals surface area contributed by atoms with Crippen LogP contribution in [-0.2, 0) is 19.2 Å². The van der Waals surface area contributed by atoms with Crippen molar-refractivity contribution in [2.75, 3.05) is 0 Å². The first-order chi connectivity index (χ1) is 21.1. The Kier molecular flexibility index (Phi) is 22.3. The molecule has 0 aromatic carbocycles. The van der Waals surface area contributed by atoms with E-state index in [1.165, 1.54) is 103 Å². The van der Waals surface area contributed by atoms with Gasteiger partial charge in [-0.3, -0.25) is 29.8 Å². The van der Waals surface area contributed by atoms with Gasteiger partial charge in [-0.2, -0.15) is 0 Å². The highest BCUT2D eigenvalue weighted by molar-refractivity contribution is 5.98. The molecule has 6 heteroatoms. The van der Waals surface area contributed by atoms with E-state index >= 15 is 0 Å². The van der Waals surface area contributed by atoms with Gasteiger partial charge in [-0.15, -0.1) is 0 Å². The maximum absolute atomic E-state index is 13.4. The number of carbonyl (C=O) groups excluding carboxylic acids is 4. The molecule has 2 rings (SSSR count). The lowest BCUT2D eigenvalue weighted by molar-refractivity contribution is -0.134. The van der Waals surface area contributed by atoms with Crippen LogP contribution in [0.1, 0.15) is 199 Å². The largest absolute Gasteiger partial charge is 0.296 e. The summed E-state index contributed by atoms with van der Waals surface area (Å²) in [5, 5.41) is 5.39. The van der Waals surface area contributed by atoms with Gasteiger partial charge in [0.15, 0.2) is 0 Å². The summed E-state index contributed by atoms with van der Waals surface area (Å²) in [6.07, 6.45) is 32.9. The van der Waals surface area contributed by atoms with Gasteiger partial charge in [0.1, 0.15) is 0 Å². The molecule has 2 saturated heterocycles. The fraction of sp³-hybridized carbons (Fsp3) is 0.892. The fourth-order valence-corrected chi connectivity index (χ4v) is 6.90. The molecular weight excluding hydrogens is 536 g/mol. The number of rotatable bonds is 2. The van der Waals surface area contributed by atoms with Crippen molar-refractivity contribution in [3.05, 3.63) is 0 Å². The minimum absolute atomic E-state index is 0.187. The highest BCUT2D eigenvalue weighted by Crippen LogP contribution is 2.26. The van der Waals surface area contributed by atoms with Gasteiger partial charge in [0.25, 0.3) is 0 Å². The third-order valence-corrected chi connectivity index (χ3v) is 9.75. The molecule has 2 heterocycles. The molecular formula is C37H66N2O4. The zero-order valence-electron chi connectivity index (χ0n) is 27.7. The van der Waals surface area contributed by atoms with Gasteiger partial charge in [0, 0.05) is 24.7 Å². The molecule has 6 nitrogen and oxygen atoms in total. The Balaban J connectivity index is 2.02. The Morgan fingerprint density at radius 1 is 0.349 bits per heavy atom. The minimum Gasteiger partial charge on any atom is -0.296 e. The van der Waals surface area contributed by atoms with Crippen molar-refractivity contribution in [3.63, 3.8) is 0 Å². The SMILES string of the molecule is O=C1CCCCCCCCCCCCCCCC(CC2CCCCCCCCCCCCCCCC(=O)NC2=O)C(=O)N1. The number of carbonyl (C=O) groups is 4. The molecule has 2 N–H and O–H groups in total. The summed E-state index contributed by atoms with van der Waals surface area (Å²) >= 11 is 0. The zero-order valence-corrected chi connectivity index (χ0v) is 27.7. The molecule has 0 saturated carbocycles. The predicted molar refractivity (Wildman–Crippen MR) is 176 cm³/mol. The molecule has 4 amide bonds. The predicted octanol–water partition coefficient (Wildman–Crippen LogP) is 9.62. The van der Waals surface area contributed by atoms with Crippen LogP contribution in [0.3, 0.4) is 0 Å².